The molecule has 0 spiro atoms. The first-order chi connectivity index (χ1) is 12.9. The third kappa shape index (κ3) is 3.90. The summed E-state index contributed by atoms with van der Waals surface area (Å²) >= 11 is 1.19. The Kier molecular flexibility index (Phi) is 5.36. The molecule has 0 unspecified atom stereocenters. The number of hydrogen-bond donors (Lipinski definition) is 1. The molecule has 0 fully saturated rings. The van der Waals surface area contributed by atoms with Crippen LogP contribution < -0.4 is 10.9 Å². The SMILES string of the molecule is CCOC(=O)c1csc2ncn(CC(=O)Nc3ccc(C)cc3C)c(=O)c12. The second-order valence-electron chi connectivity index (χ2n) is 6.09. The van der Waals surface area contributed by atoms with Crippen molar-refractivity contribution < 1.29 is 14.3 Å². The Labute approximate surface area is 159 Å². The van der Waals surface area contributed by atoms with Gasteiger partial charge in [-0.3, -0.25) is 14.2 Å². The number of carbonyl (C=O) groups excluding carboxylic acids is 2. The first-order valence-electron chi connectivity index (χ1n) is 8.41. The number of hydrogen-bond acceptors (Lipinski definition) is 6. The van der Waals surface area contributed by atoms with Gasteiger partial charge in [-0.15, -0.1) is 11.3 Å². The van der Waals surface area contributed by atoms with Crippen molar-refractivity contribution in [3.05, 3.63) is 57.0 Å². The van der Waals surface area contributed by atoms with Crippen LogP contribution in [-0.2, 0) is 16.1 Å². The molecule has 2 aromatic heterocycles. The van der Waals surface area contributed by atoms with Crippen molar-refractivity contribution >= 4 is 39.1 Å². The summed E-state index contributed by atoms with van der Waals surface area (Å²) in [5.41, 5.74) is 2.46. The Balaban J connectivity index is 1.87. The lowest BCUT2D eigenvalue weighted by Gasteiger charge is -2.10. The van der Waals surface area contributed by atoms with Crippen LogP contribution in [0.3, 0.4) is 0 Å². The summed E-state index contributed by atoms with van der Waals surface area (Å²) in [5.74, 6) is -0.918. The summed E-state index contributed by atoms with van der Waals surface area (Å²) in [6, 6.07) is 5.69. The van der Waals surface area contributed by atoms with Crippen LogP contribution in [-0.4, -0.2) is 28.0 Å². The van der Waals surface area contributed by atoms with E-state index in [0.717, 1.165) is 11.1 Å². The zero-order valence-corrected chi connectivity index (χ0v) is 16.1. The van der Waals surface area contributed by atoms with Gasteiger partial charge in [-0.1, -0.05) is 17.7 Å². The van der Waals surface area contributed by atoms with E-state index in [9.17, 15) is 14.4 Å². The normalized spacial score (nSPS) is 10.8. The lowest BCUT2D eigenvalue weighted by molar-refractivity contribution is -0.116. The van der Waals surface area contributed by atoms with Gasteiger partial charge in [-0.05, 0) is 32.4 Å². The molecule has 1 amide bonds. The maximum absolute atomic E-state index is 12.8. The third-order valence-corrected chi connectivity index (χ3v) is 4.91. The van der Waals surface area contributed by atoms with E-state index < -0.39 is 11.5 Å². The van der Waals surface area contributed by atoms with E-state index in [2.05, 4.69) is 10.3 Å². The van der Waals surface area contributed by atoms with Gasteiger partial charge in [0.05, 0.1) is 23.9 Å². The fourth-order valence-corrected chi connectivity index (χ4v) is 3.60. The van der Waals surface area contributed by atoms with Crippen molar-refractivity contribution in [1.29, 1.82) is 0 Å². The van der Waals surface area contributed by atoms with Crippen LogP contribution >= 0.6 is 11.3 Å². The molecule has 140 valence electrons. The van der Waals surface area contributed by atoms with E-state index in [1.54, 1.807) is 12.3 Å². The van der Waals surface area contributed by atoms with E-state index in [4.69, 9.17) is 4.74 Å². The molecule has 0 bridgehead atoms. The lowest BCUT2D eigenvalue weighted by atomic mass is 10.1. The Morgan fingerprint density at radius 1 is 1.30 bits per heavy atom. The fourth-order valence-electron chi connectivity index (χ4n) is 2.74. The summed E-state index contributed by atoms with van der Waals surface area (Å²) in [6.07, 6.45) is 1.32. The summed E-state index contributed by atoms with van der Waals surface area (Å²) in [5, 5.41) is 4.53. The zero-order chi connectivity index (χ0) is 19.6. The number of aromatic nitrogens is 2. The maximum atomic E-state index is 12.8. The van der Waals surface area contributed by atoms with Crippen LogP contribution in [0.5, 0.6) is 0 Å². The number of nitrogens with zero attached hydrogens (tertiary/aromatic N) is 2. The molecule has 0 aliphatic carbocycles. The van der Waals surface area contributed by atoms with Crippen LogP contribution in [0.1, 0.15) is 28.4 Å². The number of aryl methyl sites for hydroxylation is 2. The molecule has 2 heterocycles. The van der Waals surface area contributed by atoms with E-state index in [-0.39, 0.29) is 30.0 Å². The smallest absolute Gasteiger partial charge is 0.339 e. The van der Waals surface area contributed by atoms with Gasteiger partial charge in [-0.25, -0.2) is 9.78 Å². The van der Waals surface area contributed by atoms with Crippen LogP contribution in [0.25, 0.3) is 10.2 Å². The van der Waals surface area contributed by atoms with Gasteiger partial charge in [-0.2, -0.15) is 0 Å². The number of amides is 1. The summed E-state index contributed by atoms with van der Waals surface area (Å²) in [4.78, 5) is 41.8. The predicted octanol–water partition coefficient (Wildman–Crippen LogP) is 2.89. The first-order valence-corrected chi connectivity index (χ1v) is 9.29. The monoisotopic (exact) mass is 385 g/mol. The summed E-state index contributed by atoms with van der Waals surface area (Å²) in [6.45, 7) is 5.58. The highest BCUT2D eigenvalue weighted by Gasteiger charge is 2.19. The number of esters is 1. The topological polar surface area (TPSA) is 90.3 Å². The lowest BCUT2D eigenvalue weighted by Crippen LogP contribution is -2.28. The van der Waals surface area contributed by atoms with Gasteiger partial charge in [0.15, 0.2) is 0 Å². The van der Waals surface area contributed by atoms with Crippen molar-refractivity contribution in [2.45, 2.75) is 27.3 Å². The number of nitrogens with one attached hydrogen (secondary N) is 1. The van der Waals surface area contributed by atoms with Crippen LogP contribution in [0.15, 0.2) is 34.7 Å². The number of benzene rings is 1. The zero-order valence-electron chi connectivity index (χ0n) is 15.2. The minimum atomic E-state index is -0.569. The quantitative estimate of drug-likeness (QED) is 0.682. The molecule has 0 saturated heterocycles. The van der Waals surface area contributed by atoms with Crippen molar-refractivity contribution in [2.75, 3.05) is 11.9 Å². The second-order valence-corrected chi connectivity index (χ2v) is 6.95. The molecule has 0 saturated carbocycles. The van der Waals surface area contributed by atoms with Crippen LogP contribution in [0.2, 0.25) is 0 Å². The Morgan fingerprint density at radius 2 is 2.07 bits per heavy atom. The molecule has 3 aromatic rings. The van der Waals surface area contributed by atoms with Crippen molar-refractivity contribution in [2.24, 2.45) is 0 Å². The van der Waals surface area contributed by atoms with E-state index in [0.29, 0.717) is 10.5 Å². The average Bonchev–Trinajstić information content (AvgIpc) is 3.05. The van der Waals surface area contributed by atoms with Crippen molar-refractivity contribution in [3.8, 4) is 0 Å². The van der Waals surface area contributed by atoms with Crippen molar-refractivity contribution in [3.63, 3.8) is 0 Å². The highest BCUT2D eigenvalue weighted by atomic mass is 32.1. The van der Waals surface area contributed by atoms with Gasteiger partial charge in [0.1, 0.15) is 11.4 Å². The summed E-state index contributed by atoms with van der Waals surface area (Å²) < 4.78 is 6.18. The Morgan fingerprint density at radius 3 is 2.78 bits per heavy atom. The van der Waals surface area contributed by atoms with E-state index in [1.165, 1.54) is 22.2 Å². The predicted molar refractivity (Wildman–Crippen MR) is 104 cm³/mol. The average molecular weight is 385 g/mol. The molecule has 0 atom stereocenters. The number of ether oxygens (including phenoxy) is 1. The van der Waals surface area contributed by atoms with Crippen LogP contribution in [0.4, 0.5) is 5.69 Å². The molecule has 0 aliphatic heterocycles. The molecule has 8 heteroatoms. The van der Waals surface area contributed by atoms with Gasteiger partial charge < -0.3 is 10.1 Å². The van der Waals surface area contributed by atoms with Gasteiger partial charge in [0.25, 0.3) is 5.56 Å². The Bertz CT molecular complexity index is 1080. The van der Waals surface area contributed by atoms with Gasteiger partial charge >= 0.3 is 5.97 Å². The molecule has 1 aromatic carbocycles. The van der Waals surface area contributed by atoms with Gasteiger partial charge in [0.2, 0.25) is 5.91 Å². The molecular weight excluding hydrogens is 366 g/mol. The number of rotatable bonds is 5. The van der Waals surface area contributed by atoms with E-state index >= 15 is 0 Å². The first kappa shape index (κ1) is 18.8. The second kappa shape index (κ2) is 7.71. The maximum Gasteiger partial charge on any atom is 0.339 e. The molecular formula is C19H19N3O4S. The number of fused-ring (bicyclic) bond motifs is 1. The molecule has 3 rings (SSSR count). The molecule has 27 heavy (non-hydrogen) atoms. The largest absolute Gasteiger partial charge is 0.462 e. The number of carbonyl (C=O) groups is 2. The van der Waals surface area contributed by atoms with E-state index in [1.807, 2.05) is 32.0 Å². The Hall–Kier alpha value is -3.00. The number of thiophene rings is 1. The van der Waals surface area contributed by atoms with Crippen LogP contribution in [0, 0.1) is 13.8 Å². The third-order valence-electron chi connectivity index (χ3n) is 4.03. The standard InChI is InChI=1S/C19H19N3O4S/c1-4-26-19(25)13-9-27-17-16(13)18(24)22(10-20-17)8-15(23)21-14-6-5-11(2)7-12(14)3/h5-7,9-10H,4,8H2,1-3H3,(H,21,23). The number of anilines is 1. The van der Waals surface area contributed by atoms with Gasteiger partial charge in [0, 0.05) is 11.1 Å². The minimum absolute atomic E-state index is 0.179. The fraction of sp³-hybridized carbons (Fsp3) is 0.263. The molecule has 1 N–H and O–H groups in total. The molecule has 0 radical (unpaired) electrons. The highest BCUT2D eigenvalue weighted by molar-refractivity contribution is 7.17. The molecule has 7 nitrogen and oxygen atoms in total. The minimum Gasteiger partial charge on any atom is -0.462 e. The van der Waals surface area contributed by atoms with Crippen molar-refractivity contribution in [1.82, 2.24) is 9.55 Å². The highest BCUT2D eigenvalue weighted by Crippen LogP contribution is 2.21. The molecule has 0 aliphatic rings. The summed E-state index contributed by atoms with van der Waals surface area (Å²) in [7, 11) is 0.